The van der Waals surface area contributed by atoms with E-state index in [-0.39, 0.29) is 11.7 Å². The minimum Gasteiger partial charge on any atom is -0.496 e. The molecule has 4 rings (SSSR count). The van der Waals surface area contributed by atoms with Gasteiger partial charge in [0.1, 0.15) is 17.1 Å². The third-order valence-electron chi connectivity index (χ3n) is 6.01. The van der Waals surface area contributed by atoms with E-state index in [4.69, 9.17) is 16.3 Å². The van der Waals surface area contributed by atoms with Crippen molar-refractivity contribution >= 4 is 34.6 Å². The van der Waals surface area contributed by atoms with Crippen molar-refractivity contribution in [2.45, 2.75) is 32.9 Å². The van der Waals surface area contributed by atoms with Crippen molar-refractivity contribution in [1.82, 2.24) is 0 Å². The fourth-order valence-electron chi connectivity index (χ4n) is 4.32. The van der Waals surface area contributed by atoms with Gasteiger partial charge in [0, 0.05) is 35.4 Å². The van der Waals surface area contributed by atoms with Gasteiger partial charge >= 0.3 is 0 Å². The lowest BCUT2D eigenvalue weighted by Crippen LogP contribution is -2.52. The second-order valence-electron chi connectivity index (χ2n) is 8.76. The summed E-state index contributed by atoms with van der Waals surface area (Å²) in [4.78, 5) is 14.8. The number of fused-ring (bicyclic) bond motifs is 1. The highest BCUT2D eigenvalue weighted by atomic mass is 35.5. The molecule has 0 saturated heterocycles. The van der Waals surface area contributed by atoms with Gasteiger partial charge in [0.25, 0.3) is 5.91 Å². The van der Waals surface area contributed by atoms with Gasteiger partial charge in [-0.25, -0.2) is 4.39 Å². The predicted molar refractivity (Wildman–Crippen MR) is 133 cm³/mol. The zero-order valence-electron chi connectivity index (χ0n) is 19.3. The van der Waals surface area contributed by atoms with Crippen molar-refractivity contribution in [2.24, 2.45) is 0 Å². The molecule has 1 heterocycles. The normalized spacial score (nSPS) is 14.5. The molecular formula is C26H27ClFN3O2. The zero-order chi connectivity index (χ0) is 23.9. The Balaban J connectivity index is 1.90. The van der Waals surface area contributed by atoms with Gasteiger partial charge in [-0.2, -0.15) is 0 Å². The van der Waals surface area contributed by atoms with Crippen LogP contribution in [-0.2, 0) is 11.3 Å². The quantitative estimate of drug-likeness (QED) is 0.466. The van der Waals surface area contributed by atoms with Gasteiger partial charge in [-0.05, 0) is 68.3 Å². The summed E-state index contributed by atoms with van der Waals surface area (Å²) in [6, 6.07) is 14.0. The van der Waals surface area contributed by atoms with E-state index in [0.717, 1.165) is 33.6 Å². The third-order valence-corrected chi connectivity index (χ3v) is 6.25. The Morgan fingerprint density at radius 2 is 1.88 bits per heavy atom. The van der Waals surface area contributed by atoms with Gasteiger partial charge in [-0.3, -0.25) is 4.79 Å². The van der Waals surface area contributed by atoms with E-state index in [0.29, 0.717) is 23.0 Å². The molecule has 1 aliphatic rings. The maximum Gasteiger partial charge on any atom is 0.251 e. The molecule has 3 aromatic rings. The molecule has 7 heteroatoms. The molecule has 0 fully saturated rings. The average Bonchev–Trinajstić information content (AvgIpc) is 2.77. The first-order valence-electron chi connectivity index (χ1n) is 10.7. The number of carbonyl (C=O) groups is 1. The van der Waals surface area contributed by atoms with Crippen molar-refractivity contribution in [3.8, 4) is 16.9 Å². The second kappa shape index (κ2) is 8.60. The number of benzene rings is 3. The van der Waals surface area contributed by atoms with Crippen molar-refractivity contribution < 1.29 is 13.9 Å². The fourth-order valence-corrected chi connectivity index (χ4v) is 4.49. The topological polar surface area (TPSA) is 53.6 Å². The minimum atomic E-state index is -0.735. The number of carbonyl (C=O) groups excluding carboxylic acids is 1. The summed E-state index contributed by atoms with van der Waals surface area (Å²) < 4.78 is 19.5. The number of likely N-dealkylation sites (N-methyl/N-ethyl adjacent to an activating group) is 1. The number of anilines is 3. The largest absolute Gasteiger partial charge is 0.496 e. The fraction of sp³-hybridized carbons (Fsp3) is 0.269. The first-order chi connectivity index (χ1) is 15.6. The molecule has 33 heavy (non-hydrogen) atoms. The van der Waals surface area contributed by atoms with E-state index < -0.39 is 5.54 Å². The summed E-state index contributed by atoms with van der Waals surface area (Å²) in [7, 11) is 3.39. The molecule has 0 radical (unpaired) electrons. The number of ether oxygens (including phenoxy) is 1. The summed E-state index contributed by atoms with van der Waals surface area (Å²) >= 11 is 6.33. The Morgan fingerprint density at radius 3 is 2.61 bits per heavy atom. The zero-order valence-corrected chi connectivity index (χ0v) is 20.1. The number of nitrogens with one attached hydrogen (secondary N) is 2. The Morgan fingerprint density at radius 1 is 1.12 bits per heavy atom. The van der Waals surface area contributed by atoms with Crippen molar-refractivity contribution in [3.63, 3.8) is 0 Å². The van der Waals surface area contributed by atoms with Crippen LogP contribution in [0.25, 0.3) is 11.1 Å². The Bertz CT molecular complexity index is 1240. The van der Waals surface area contributed by atoms with Crippen LogP contribution in [-0.4, -0.2) is 25.6 Å². The van der Waals surface area contributed by atoms with Gasteiger partial charge in [0.2, 0.25) is 0 Å². The van der Waals surface area contributed by atoms with Crippen molar-refractivity contribution in [3.05, 3.63) is 70.5 Å². The van der Waals surface area contributed by atoms with Crippen LogP contribution in [0.5, 0.6) is 5.75 Å². The standard InChI is InChI=1S/C26H27ClFN3O2/c1-15-6-8-17(28)13-22(15)29-14-20-18(19-12-16(27)7-11-23(19)33-5)9-10-21-24(20)31(4)25(32)26(2,3)30-21/h6-13,29-30H,14H2,1-5H3. The molecule has 172 valence electrons. The van der Waals surface area contributed by atoms with Crippen LogP contribution in [0.3, 0.4) is 0 Å². The van der Waals surface area contributed by atoms with Crippen LogP contribution in [0.4, 0.5) is 21.5 Å². The van der Waals surface area contributed by atoms with E-state index in [9.17, 15) is 9.18 Å². The molecule has 0 unspecified atom stereocenters. The van der Waals surface area contributed by atoms with Gasteiger partial charge in [-0.1, -0.05) is 23.7 Å². The van der Waals surface area contributed by atoms with E-state index in [1.165, 1.54) is 12.1 Å². The molecular weight excluding hydrogens is 441 g/mol. The summed E-state index contributed by atoms with van der Waals surface area (Å²) in [6.45, 7) is 5.99. The van der Waals surface area contributed by atoms with Gasteiger partial charge < -0.3 is 20.3 Å². The van der Waals surface area contributed by atoms with E-state index in [1.807, 2.05) is 45.0 Å². The Kier molecular flexibility index (Phi) is 5.97. The highest BCUT2D eigenvalue weighted by Crippen LogP contribution is 2.44. The van der Waals surface area contributed by atoms with Crippen LogP contribution < -0.4 is 20.3 Å². The average molecular weight is 468 g/mol. The number of methoxy groups -OCH3 is 1. The highest BCUT2D eigenvalue weighted by Gasteiger charge is 2.38. The number of amides is 1. The minimum absolute atomic E-state index is 0.0478. The molecule has 0 aromatic heterocycles. The van der Waals surface area contributed by atoms with Gasteiger partial charge in [0.05, 0.1) is 18.5 Å². The summed E-state index contributed by atoms with van der Waals surface area (Å²) in [5, 5.41) is 7.29. The molecule has 1 aliphatic heterocycles. The maximum atomic E-state index is 13.9. The van der Waals surface area contributed by atoms with Crippen LogP contribution in [0.1, 0.15) is 25.0 Å². The van der Waals surface area contributed by atoms with Crippen molar-refractivity contribution in [2.75, 3.05) is 29.7 Å². The SMILES string of the molecule is COc1ccc(Cl)cc1-c1ccc2c(c1CNc1cc(F)ccc1C)N(C)C(=O)C(C)(C)N2. The van der Waals surface area contributed by atoms with Crippen LogP contribution in [0, 0.1) is 12.7 Å². The number of hydrogen-bond acceptors (Lipinski definition) is 4. The molecule has 0 spiro atoms. The first-order valence-corrected chi connectivity index (χ1v) is 11.1. The monoisotopic (exact) mass is 467 g/mol. The van der Waals surface area contributed by atoms with Crippen LogP contribution in [0.15, 0.2) is 48.5 Å². The van der Waals surface area contributed by atoms with Gasteiger partial charge in [-0.15, -0.1) is 0 Å². The number of nitrogens with zero attached hydrogens (tertiary/aromatic N) is 1. The maximum absolute atomic E-state index is 13.9. The lowest BCUT2D eigenvalue weighted by molar-refractivity contribution is -0.121. The molecule has 0 aliphatic carbocycles. The first kappa shape index (κ1) is 22.9. The molecule has 1 amide bonds. The molecule has 5 nitrogen and oxygen atoms in total. The Hall–Kier alpha value is -3.25. The summed E-state index contributed by atoms with van der Waals surface area (Å²) in [5.74, 6) is 0.305. The molecule has 3 aromatic carbocycles. The highest BCUT2D eigenvalue weighted by molar-refractivity contribution is 6.31. The molecule has 0 bridgehead atoms. The Labute approximate surface area is 198 Å². The molecule has 2 N–H and O–H groups in total. The number of halogens is 2. The summed E-state index contributed by atoms with van der Waals surface area (Å²) in [6.07, 6.45) is 0. The van der Waals surface area contributed by atoms with Crippen LogP contribution in [0.2, 0.25) is 5.02 Å². The summed E-state index contributed by atoms with van der Waals surface area (Å²) in [5.41, 5.74) is 5.04. The third kappa shape index (κ3) is 4.23. The van der Waals surface area contributed by atoms with Gasteiger partial charge in [0.15, 0.2) is 0 Å². The van der Waals surface area contributed by atoms with Crippen molar-refractivity contribution in [1.29, 1.82) is 0 Å². The van der Waals surface area contributed by atoms with E-state index >= 15 is 0 Å². The number of hydrogen-bond donors (Lipinski definition) is 2. The number of aryl methyl sites for hydroxylation is 1. The lowest BCUT2D eigenvalue weighted by atomic mass is 9.91. The molecule has 0 atom stereocenters. The van der Waals surface area contributed by atoms with Crippen LogP contribution >= 0.6 is 11.6 Å². The molecule has 0 saturated carbocycles. The smallest absolute Gasteiger partial charge is 0.251 e. The van der Waals surface area contributed by atoms with E-state index in [1.54, 1.807) is 31.2 Å². The van der Waals surface area contributed by atoms with E-state index in [2.05, 4.69) is 10.6 Å². The predicted octanol–water partition coefficient (Wildman–Crippen LogP) is 6.24. The second-order valence-corrected chi connectivity index (χ2v) is 9.20. The number of rotatable bonds is 5. The lowest BCUT2D eigenvalue weighted by Gasteiger charge is -2.40.